The normalized spacial score (nSPS) is 17.9. The molecule has 1 aliphatic rings. The van der Waals surface area contributed by atoms with Crippen LogP contribution < -0.4 is 5.32 Å². The summed E-state index contributed by atoms with van der Waals surface area (Å²) in [6.45, 7) is 7.87. The van der Waals surface area contributed by atoms with Crippen molar-refractivity contribution >= 4 is 0 Å². The Morgan fingerprint density at radius 3 is 2.88 bits per heavy atom. The lowest BCUT2D eigenvalue weighted by atomic mass is 9.94. The van der Waals surface area contributed by atoms with Crippen molar-refractivity contribution in [3.05, 3.63) is 17.7 Å². The summed E-state index contributed by atoms with van der Waals surface area (Å²) in [4.78, 5) is 4.57. The highest BCUT2D eigenvalue weighted by atomic mass is 15.1. The molecule has 0 radical (unpaired) electrons. The fourth-order valence-electron chi connectivity index (χ4n) is 2.55. The van der Waals surface area contributed by atoms with Crippen molar-refractivity contribution in [2.75, 3.05) is 13.1 Å². The van der Waals surface area contributed by atoms with E-state index >= 15 is 0 Å². The molecule has 1 saturated heterocycles. The number of nitrogens with zero attached hydrogens (tertiary/aromatic N) is 2. The van der Waals surface area contributed by atoms with Gasteiger partial charge in [0.2, 0.25) is 0 Å². The van der Waals surface area contributed by atoms with Gasteiger partial charge in [0.1, 0.15) is 5.82 Å². The third kappa shape index (κ3) is 2.64. The first-order valence-electron chi connectivity index (χ1n) is 6.53. The first kappa shape index (κ1) is 11.6. The van der Waals surface area contributed by atoms with Gasteiger partial charge < -0.3 is 9.88 Å². The Morgan fingerprint density at radius 1 is 1.44 bits per heavy atom. The number of nitrogens with one attached hydrogen (secondary N) is 1. The first-order chi connectivity index (χ1) is 7.81. The third-order valence-electron chi connectivity index (χ3n) is 3.51. The van der Waals surface area contributed by atoms with Crippen molar-refractivity contribution in [3.63, 3.8) is 0 Å². The Kier molecular flexibility index (Phi) is 3.99. The third-order valence-corrected chi connectivity index (χ3v) is 3.51. The number of hydrogen-bond donors (Lipinski definition) is 1. The summed E-state index contributed by atoms with van der Waals surface area (Å²) in [5.41, 5.74) is 1.31. The van der Waals surface area contributed by atoms with E-state index in [1.807, 2.05) is 6.20 Å². The van der Waals surface area contributed by atoms with Gasteiger partial charge >= 0.3 is 0 Å². The van der Waals surface area contributed by atoms with Gasteiger partial charge in [-0.3, -0.25) is 0 Å². The minimum Gasteiger partial charge on any atom is -0.332 e. The molecule has 3 nitrogen and oxygen atoms in total. The van der Waals surface area contributed by atoms with Gasteiger partial charge in [0.15, 0.2) is 0 Å². The molecule has 90 valence electrons. The Hall–Kier alpha value is -0.830. The average Bonchev–Trinajstić information content (AvgIpc) is 2.64. The highest BCUT2D eigenvalue weighted by Gasteiger charge is 2.16. The number of piperidine rings is 1. The molecule has 0 spiro atoms. The first-order valence-corrected chi connectivity index (χ1v) is 6.53. The predicted molar refractivity (Wildman–Crippen MR) is 66.6 cm³/mol. The molecule has 0 aliphatic carbocycles. The minimum atomic E-state index is 0.832. The molecule has 0 unspecified atom stereocenters. The SMILES string of the molecule is CCCn1c(C)cnc1CC1CCNCC1. The van der Waals surface area contributed by atoms with Crippen LogP contribution in [0, 0.1) is 12.8 Å². The van der Waals surface area contributed by atoms with Crippen LogP contribution in [-0.4, -0.2) is 22.6 Å². The summed E-state index contributed by atoms with van der Waals surface area (Å²) in [5, 5.41) is 3.42. The van der Waals surface area contributed by atoms with Crippen molar-refractivity contribution in [1.82, 2.24) is 14.9 Å². The van der Waals surface area contributed by atoms with E-state index in [9.17, 15) is 0 Å². The summed E-state index contributed by atoms with van der Waals surface area (Å²) in [7, 11) is 0. The van der Waals surface area contributed by atoms with Crippen molar-refractivity contribution in [2.45, 2.75) is 46.1 Å². The lowest BCUT2D eigenvalue weighted by Crippen LogP contribution is -2.29. The molecule has 0 amide bonds. The maximum Gasteiger partial charge on any atom is 0.109 e. The zero-order valence-electron chi connectivity index (χ0n) is 10.5. The molecular weight excluding hydrogens is 198 g/mol. The Balaban J connectivity index is 2.02. The quantitative estimate of drug-likeness (QED) is 0.844. The number of aryl methyl sites for hydroxylation is 1. The van der Waals surface area contributed by atoms with Gasteiger partial charge in [-0.15, -0.1) is 0 Å². The van der Waals surface area contributed by atoms with Crippen molar-refractivity contribution < 1.29 is 0 Å². The highest BCUT2D eigenvalue weighted by molar-refractivity contribution is 5.04. The van der Waals surface area contributed by atoms with Crippen LogP contribution in [0.15, 0.2) is 6.20 Å². The van der Waals surface area contributed by atoms with Gasteiger partial charge in [-0.25, -0.2) is 4.98 Å². The van der Waals surface area contributed by atoms with E-state index in [1.54, 1.807) is 0 Å². The zero-order chi connectivity index (χ0) is 11.4. The second kappa shape index (κ2) is 5.48. The largest absolute Gasteiger partial charge is 0.332 e. The molecule has 2 rings (SSSR count). The van der Waals surface area contributed by atoms with E-state index in [1.165, 1.54) is 43.9 Å². The highest BCUT2D eigenvalue weighted by Crippen LogP contribution is 2.18. The van der Waals surface area contributed by atoms with E-state index in [-0.39, 0.29) is 0 Å². The van der Waals surface area contributed by atoms with Crippen LogP contribution in [0.25, 0.3) is 0 Å². The Labute approximate surface area is 98.3 Å². The van der Waals surface area contributed by atoms with Gasteiger partial charge in [-0.2, -0.15) is 0 Å². The van der Waals surface area contributed by atoms with Crippen molar-refractivity contribution in [2.24, 2.45) is 5.92 Å². The van der Waals surface area contributed by atoms with Crippen molar-refractivity contribution in [1.29, 1.82) is 0 Å². The smallest absolute Gasteiger partial charge is 0.109 e. The molecule has 1 fully saturated rings. The summed E-state index contributed by atoms with van der Waals surface area (Å²) in [6.07, 6.45) is 6.98. The van der Waals surface area contributed by atoms with Gasteiger partial charge in [0, 0.05) is 24.9 Å². The predicted octanol–water partition coefficient (Wildman–Crippen LogP) is 2.14. The Bertz CT molecular complexity index is 324. The fourth-order valence-corrected chi connectivity index (χ4v) is 2.55. The number of rotatable bonds is 4. The standard InChI is InChI=1S/C13H23N3/c1-3-8-16-11(2)10-15-13(16)9-12-4-6-14-7-5-12/h10,12,14H,3-9H2,1-2H3. The average molecular weight is 221 g/mol. The second-order valence-electron chi connectivity index (χ2n) is 4.86. The summed E-state index contributed by atoms with van der Waals surface area (Å²) >= 11 is 0. The van der Waals surface area contributed by atoms with E-state index in [2.05, 4.69) is 28.7 Å². The molecule has 3 heteroatoms. The topological polar surface area (TPSA) is 29.9 Å². The van der Waals surface area contributed by atoms with Crippen LogP contribution in [-0.2, 0) is 13.0 Å². The molecule has 0 bridgehead atoms. The molecule has 1 aromatic rings. The maximum atomic E-state index is 4.57. The lowest BCUT2D eigenvalue weighted by Gasteiger charge is -2.22. The van der Waals surface area contributed by atoms with Gasteiger partial charge in [-0.1, -0.05) is 6.92 Å². The van der Waals surface area contributed by atoms with Gasteiger partial charge in [0.25, 0.3) is 0 Å². The van der Waals surface area contributed by atoms with Crippen LogP contribution in [0.4, 0.5) is 0 Å². The molecule has 0 aromatic carbocycles. The molecule has 1 aliphatic heterocycles. The summed E-state index contributed by atoms with van der Waals surface area (Å²) < 4.78 is 2.39. The van der Waals surface area contributed by atoms with E-state index in [4.69, 9.17) is 0 Å². The van der Waals surface area contributed by atoms with E-state index in [0.29, 0.717) is 0 Å². The van der Waals surface area contributed by atoms with E-state index < -0.39 is 0 Å². The van der Waals surface area contributed by atoms with Crippen LogP contribution in [0.2, 0.25) is 0 Å². The lowest BCUT2D eigenvalue weighted by molar-refractivity contribution is 0.362. The monoisotopic (exact) mass is 221 g/mol. The molecule has 1 aromatic heterocycles. The molecule has 1 N–H and O–H groups in total. The van der Waals surface area contributed by atoms with E-state index in [0.717, 1.165) is 18.9 Å². The fraction of sp³-hybridized carbons (Fsp3) is 0.769. The van der Waals surface area contributed by atoms with Crippen molar-refractivity contribution in [3.8, 4) is 0 Å². The van der Waals surface area contributed by atoms with Gasteiger partial charge in [-0.05, 0) is 45.2 Å². The minimum absolute atomic E-state index is 0.832. The summed E-state index contributed by atoms with van der Waals surface area (Å²) in [5.74, 6) is 2.13. The Morgan fingerprint density at radius 2 is 2.19 bits per heavy atom. The zero-order valence-corrected chi connectivity index (χ0v) is 10.5. The molecule has 16 heavy (non-hydrogen) atoms. The maximum absolute atomic E-state index is 4.57. The number of aromatic nitrogens is 2. The van der Waals surface area contributed by atoms with Crippen LogP contribution in [0.1, 0.15) is 37.7 Å². The number of hydrogen-bond acceptors (Lipinski definition) is 2. The molecule has 2 heterocycles. The van der Waals surface area contributed by atoms with Gasteiger partial charge in [0.05, 0.1) is 0 Å². The molecule has 0 atom stereocenters. The second-order valence-corrected chi connectivity index (χ2v) is 4.86. The summed E-state index contributed by atoms with van der Waals surface area (Å²) in [6, 6.07) is 0. The van der Waals surface area contributed by atoms with Crippen LogP contribution in [0.5, 0.6) is 0 Å². The van der Waals surface area contributed by atoms with Crippen LogP contribution >= 0.6 is 0 Å². The molecular formula is C13H23N3. The van der Waals surface area contributed by atoms with Crippen LogP contribution in [0.3, 0.4) is 0 Å². The number of imidazole rings is 1. The molecule has 0 saturated carbocycles.